The lowest BCUT2D eigenvalue weighted by Gasteiger charge is -2.22. The minimum absolute atomic E-state index is 0.0573. The van der Waals surface area contributed by atoms with Gasteiger partial charge >= 0.3 is 0 Å². The van der Waals surface area contributed by atoms with Gasteiger partial charge in [0.15, 0.2) is 0 Å². The molecule has 6 aromatic rings. The van der Waals surface area contributed by atoms with E-state index >= 15 is 0 Å². The second kappa shape index (κ2) is 7.90. The van der Waals surface area contributed by atoms with Crippen molar-refractivity contribution in [2.75, 3.05) is 0 Å². The number of pyridine rings is 1. The van der Waals surface area contributed by atoms with E-state index in [9.17, 15) is 0 Å². The first kappa shape index (κ1) is 21.8. The highest BCUT2D eigenvalue weighted by atomic mass is 32.1. The molecular weight excluding hydrogens is 450 g/mol. The molecule has 3 heterocycles. The van der Waals surface area contributed by atoms with Crippen molar-refractivity contribution in [2.45, 2.75) is 46.5 Å². The van der Waals surface area contributed by atoms with Gasteiger partial charge in [-0.25, -0.2) is 0 Å². The number of hydrogen-bond acceptors (Lipinski definition) is 3. The number of benzene rings is 3. The molecule has 0 unspecified atom stereocenters. The van der Waals surface area contributed by atoms with E-state index in [1.807, 2.05) is 28.9 Å². The van der Waals surface area contributed by atoms with Crippen LogP contribution in [0.1, 0.15) is 45.1 Å². The number of fused-ring (bicyclic) bond motifs is 5. The van der Waals surface area contributed by atoms with Crippen LogP contribution in [0.4, 0.5) is 0 Å². The van der Waals surface area contributed by atoms with E-state index in [1.54, 1.807) is 0 Å². The van der Waals surface area contributed by atoms with Gasteiger partial charge in [0.25, 0.3) is 0 Å². The smallest absolute Gasteiger partial charge is 0.0880 e. The lowest BCUT2D eigenvalue weighted by atomic mass is 9.82. The van der Waals surface area contributed by atoms with Crippen LogP contribution in [0.3, 0.4) is 0 Å². The van der Waals surface area contributed by atoms with Crippen LogP contribution in [0.25, 0.3) is 52.3 Å². The van der Waals surface area contributed by atoms with Crippen LogP contribution in [0, 0.1) is 5.92 Å². The van der Waals surface area contributed by atoms with Gasteiger partial charge in [0.1, 0.15) is 0 Å². The Bertz CT molecular complexity index is 1690. The fourth-order valence-corrected chi connectivity index (χ4v) is 7.60. The number of hydrogen-bond donors (Lipinski definition) is 0. The molecule has 0 saturated carbocycles. The third-order valence-electron chi connectivity index (χ3n) is 6.63. The van der Waals surface area contributed by atoms with Gasteiger partial charge in [-0.2, -0.15) is 0 Å². The minimum Gasteiger partial charge on any atom is -0.255 e. The third kappa shape index (κ3) is 3.62. The van der Waals surface area contributed by atoms with Crippen LogP contribution in [0.2, 0.25) is 0 Å². The van der Waals surface area contributed by atoms with Crippen molar-refractivity contribution in [1.82, 2.24) is 4.98 Å². The minimum atomic E-state index is 0.0573. The zero-order chi connectivity index (χ0) is 23.6. The Kier molecular flexibility index (Phi) is 5.05. The van der Waals surface area contributed by atoms with E-state index in [0.29, 0.717) is 5.92 Å². The summed E-state index contributed by atoms with van der Waals surface area (Å²) in [4.78, 5) is 6.41. The lowest BCUT2D eigenvalue weighted by Crippen LogP contribution is -2.12. The van der Waals surface area contributed by atoms with Gasteiger partial charge in [-0.05, 0) is 75.9 Å². The molecule has 6 rings (SSSR count). The maximum atomic E-state index is 4.92. The molecule has 0 aliphatic rings. The quantitative estimate of drug-likeness (QED) is 0.246. The summed E-state index contributed by atoms with van der Waals surface area (Å²) in [6.07, 6.45) is 3.14. The van der Waals surface area contributed by atoms with E-state index in [4.69, 9.17) is 4.98 Å². The summed E-state index contributed by atoms with van der Waals surface area (Å²) >= 11 is 3.83. The number of nitrogens with zero attached hydrogens (tertiary/aromatic N) is 1. The molecule has 0 atom stereocenters. The van der Waals surface area contributed by atoms with Gasteiger partial charge in [0.2, 0.25) is 0 Å². The van der Waals surface area contributed by atoms with Crippen molar-refractivity contribution in [3.8, 4) is 11.3 Å². The van der Waals surface area contributed by atoms with Crippen LogP contribution in [0.5, 0.6) is 0 Å². The normalized spacial score (nSPS) is 12.6. The molecule has 0 fully saturated rings. The largest absolute Gasteiger partial charge is 0.255 e. The fourth-order valence-electron chi connectivity index (χ4n) is 5.07. The zero-order valence-electron chi connectivity index (χ0n) is 20.4. The van der Waals surface area contributed by atoms with E-state index in [2.05, 4.69) is 95.3 Å². The second-order valence-corrected chi connectivity index (χ2v) is 13.1. The van der Waals surface area contributed by atoms with E-state index in [-0.39, 0.29) is 5.41 Å². The summed E-state index contributed by atoms with van der Waals surface area (Å²) < 4.78 is 4.03. The Hall–Kier alpha value is -2.75. The van der Waals surface area contributed by atoms with Gasteiger partial charge in [0, 0.05) is 36.8 Å². The first-order valence-electron chi connectivity index (χ1n) is 12.1. The van der Waals surface area contributed by atoms with Gasteiger partial charge in [0.05, 0.1) is 10.4 Å². The average Bonchev–Trinajstić information content (AvgIpc) is 3.34. The van der Waals surface area contributed by atoms with Crippen molar-refractivity contribution in [1.29, 1.82) is 0 Å². The van der Waals surface area contributed by atoms with E-state index < -0.39 is 0 Å². The molecule has 0 N–H and O–H groups in total. The third-order valence-corrected chi connectivity index (χ3v) is 8.92. The molecule has 3 aromatic heterocycles. The topological polar surface area (TPSA) is 12.9 Å². The molecule has 0 radical (unpaired) electrons. The monoisotopic (exact) mass is 479 g/mol. The van der Waals surface area contributed by atoms with Crippen LogP contribution in [-0.4, -0.2) is 4.98 Å². The molecule has 1 nitrogen and oxygen atoms in total. The van der Waals surface area contributed by atoms with Gasteiger partial charge in [-0.1, -0.05) is 58.9 Å². The molecule has 0 saturated heterocycles. The molecule has 0 bridgehead atoms. The highest BCUT2D eigenvalue weighted by Gasteiger charge is 2.20. The molecule has 34 heavy (non-hydrogen) atoms. The van der Waals surface area contributed by atoms with Gasteiger partial charge < -0.3 is 0 Å². The summed E-state index contributed by atoms with van der Waals surface area (Å²) in [5, 5.41) is 6.65. The predicted octanol–water partition coefficient (Wildman–Crippen LogP) is 9.98. The molecule has 170 valence electrons. The highest BCUT2D eigenvalue weighted by Crippen LogP contribution is 2.43. The Labute approximate surface area is 209 Å². The Morgan fingerprint density at radius 1 is 0.794 bits per heavy atom. The van der Waals surface area contributed by atoms with Crippen molar-refractivity contribution in [3.63, 3.8) is 0 Å². The lowest BCUT2D eigenvalue weighted by molar-refractivity contribution is 0.596. The molecule has 3 aromatic carbocycles. The average molecular weight is 480 g/mol. The van der Waals surface area contributed by atoms with E-state index in [0.717, 1.165) is 12.1 Å². The summed E-state index contributed by atoms with van der Waals surface area (Å²) in [6.45, 7) is 11.5. The fraction of sp³-hybridized carbons (Fsp3) is 0.258. The Morgan fingerprint density at radius 2 is 1.62 bits per heavy atom. The van der Waals surface area contributed by atoms with Crippen molar-refractivity contribution < 1.29 is 0 Å². The van der Waals surface area contributed by atoms with E-state index in [1.165, 1.54) is 57.0 Å². The van der Waals surface area contributed by atoms with Crippen molar-refractivity contribution >= 4 is 63.7 Å². The van der Waals surface area contributed by atoms with Crippen LogP contribution in [0.15, 0.2) is 66.9 Å². The standard InChI is InChI=1S/C31H29NS2/c1-18(2)12-22-14-20-16-28-25(17-27(20)33-22)24-10-11-32-29(30(24)34-28)21-13-19-8-6-7-9-23(19)26(15-21)31(3,4)5/h6-11,13-18H,12H2,1-5H3. The first-order valence-corrected chi connectivity index (χ1v) is 13.7. The predicted molar refractivity (Wildman–Crippen MR) is 153 cm³/mol. The SMILES string of the molecule is CC(C)Cc1cc2cc3sc4c(-c5cc(C(C)(C)C)c6ccccc6c5)nccc4c3cc2s1. The second-order valence-electron chi connectivity index (χ2n) is 10.8. The number of aromatic nitrogens is 1. The van der Waals surface area contributed by atoms with Crippen LogP contribution < -0.4 is 0 Å². The summed E-state index contributed by atoms with van der Waals surface area (Å²) in [7, 11) is 0. The Morgan fingerprint density at radius 3 is 2.41 bits per heavy atom. The summed E-state index contributed by atoms with van der Waals surface area (Å²) in [5.41, 5.74) is 3.74. The van der Waals surface area contributed by atoms with Gasteiger partial charge in [-0.15, -0.1) is 22.7 Å². The molecule has 0 aliphatic carbocycles. The maximum absolute atomic E-state index is 4.92. The number of thiophene rings is 2. The van der Waals surface area contributed by atoms with Gasteiger partial charge in [-0.3, -0.25) is 4.98 Å². The van der Waals surface area contributed by atoms with Crippen molar-refractivity contribution in [2.24, 2.45) is 5.92 Å². The molecule has 3 heteroatoms. The molecular formula is C31H29NS2. The zero-order valence-corrected chi connectivity index (χ0v) is 22.0. The number of rotatable bonds is 3. The maximum Gasteiger partial charge on any atom is 0.0880 e. The van der Waals surface area contributed by atoms with Crippen LogP contribution >= 0.6 is 22.7 Å². The summed E-state index contributed by atoms with van der Waals surface area (Å²) in [5.74, 6) is 0.684. The Balaban J connectivity index is 1.58. The highest BCUT2D eigenvalue weighted by molar-refractivity contribution is 7.26. The summed E-state index contributed by atoms with van der Waals surface area (Å²) in [6, 6.07) is 22.8. The van der Waals surface area contributed by atoms with Crippen LogP contribution in [-0.2, 0) is 11.8 Å². The molecule has 0 amide bonds. The molecule has 0 spiro atoms. The first-order chi connectivity index (χ1) is 16.3. The molecule has 0 aliphatic heterocycles. The van der Waals surface area contributed by atoms with Crippen molar-refractivity contribution in [3.05, 3.63) is 77.3 Å².